The third-order valence-corrected chi connectivity index (χ3v) is 5.07. The zero-order valence-electron chi connectivity index (χ0n) is 14.1. The van der Waals surface area contributed by atoms with Crippen LogP contribution in [0.15, 0.2) is 28.8 Å². The Hall–Kier alpha value is -2.14. The molecule has 2 aromatic rings. The number of aromatic nitrogens is 1. The minimum atomic E-state index is 0.168. The standard InChI is InChI=1S/C19H23N3O2/c1-14-11-18(20-24-14)13-21-7-9-22(10-8-21)19(23)17-6-5-15-3-2-4-16(15)12-17/h5-6,11-12H,2-4,7-10,13H2,1H3. The molecule has 0 spiro atoms. The number of fused-ring (bicyclic) bond motifs is 1. The predicted octanol–water partition coefficient (Wildman–Crippen LogP) is 2.43. The molecule has 1 amide bonds. The molecule has 2 heterocycles. The van der Waals surface area contributed by atoms with E-state index < -0.39 is 0 Å². The summed E-state index contributed by atoms with van der Waals surface area (Å²) in [7, 11) is 0. The van der Waals surface area contributed by atoms with E-state index in [0.29, 0.717) is 0 Å². The first-order valence-corrected chi connectivity index (χ1v) is 8.75. The smallest absolute Gasteiger partial charge is 0.253 e. The van der Waals surface area contributed by atoms with E-state index in [9.17, 15) is 4.79 Å². The number of benzene rings is 1. The highest BCUT2D eigenvalue weighted by Crippen LogP contribution is 2.23. The molecule has 4 rings (SSSR count). The topological polar surface area (TPSA) is 49.6 Å². The van der Waals surface area contributed by atoms with Crippen LogP contribution < -0.4 is 0 Å². The van der Waals surface area contributed by atoms with Gasteiger partial charge in [-0.05, 0) is 49.4 Å². The summed E-state index contributed by atoms with van der Waals surface area (Å²) < 4.78 is 5.12. The van der Waals surface area contributed by atoms with Crippen molar-refractivity contribution in [2.45, 2.75) is 32.7 Å². The zero-order chi connectivity index (χ0) is 16.5. The van der Waals surface area contributed by atoms with Crippen LogP contribution in [0.2, 0.25) is 0 Å². The summed E-state index contributed by atoms with van der Waals surface area (Å²) in [5.41, 5.74) is 4.59. The second kappa shape index (κ2) is 6.40. The molecule has 2 aliphatic rings. The first-order chi connectivity index (χ1) is 11.7. The lowest BCUT2D eigenvalue weighted by Gasteiger charge is -2.34. The number of rotatable bonds is 3. The van der Waals surface area contributed by atoms with E-state index in [2.05, 4.69) is 22.2 Å². The molecule has 1 aliphatic heterocycles. The van der Waals surface area contributed by atoms with Gasteiger partial charge in [0.25, 0.3) is 5.91 Å². The normalized spacial score (nSPS) is 18.0. The molecule has 1 aliphatic carbocycles. The maximum Gasteiger partial charge on any atom is 0.253 e. The lowest BCUT2D eigenvalue weighted by Crippen LogP contribution is -2.48. The average Bonchev–Trinajstić information content (AvgIpc) is 3.23. The van der Waals surface area contributed by atoms with Gasteiger partial charge >= 0.3 is 0 Å². The van der Waals surface area contributed by atoms with Gasteiger partial charge < -0.3 is 9.42 Å². The van der Waals surface area contributed by atoms with Crippen LogP contribution in [0.4, 0.5) is 0 Å². The molecule has 1 fully saturated rings. The lowest BCUT2D eigenvalue weighted by molar-refractivity contribution is 0.0625. The lowest BCUT2D eigenvalue weighted by atomic mass is 10.1. The summed E-state index contributed by atoms with van der Waals surface area (Å²) in [6, 6.07) is 8.22. The number of carbonyl (C=O) groups excluding carboxylic acids is 1. The molecule has 0 bridgehead atoms. The van der Waals surface area contributed by atoms with Gasteiger partial charge in [0.1, 0.15) is 5.76 Å². The van der Waals surface area contributed by atoms with Gasteiger partial charge in [0.15, 0.2) is 0 Å². The van der Waals surface area contributed by atoms with Gasteiger partial charge in [0.2, 0.25) is 0 Å². The van der Waals surface area contributed by atoms with Crippen molar-refractivity contribution in [1.29, 1.82) is 0 Å². The summed E-state index contributed by atoms with van der Waals surface area (Å²) in [5, 5.41) is 4.05. The number of nitrogens with zero attached hydrogens (tertiary/aromatic N) is 3. The summed E-state index contributed by atoms with van der Waals surface area (Å²) in [6.45, 7) is 5.99. The Morgan fingerprint density at radius 2 is 1.92 bits per heavy atom. The fourth-order valence-corrected chi connectivity index (χ4v) is 3.72. The van der Waals surface area contributed by atoms with E-state index in [-0.39, 0.29) is 5.91 Å². The maximum absolute atomic E-state index is 12.7. The summed E-state index contributed by atoms with van der Waals surface area (Å²) >= 11 is 0. The summed E-state index contributed by atoms with van der Waals surface area (Å²) in [5.74, 6) is 1.01. The Labute approximate surface area is 142 Å². The minimum Gasteiger partial charge on any atom is -0.361 e. The number of aryl methyl sites for hydroxylation is 3. The number of amides is 1. The number of piperazine rings is 1. The third kappa shape index (κ3) is 3.08. The molecule has 1 aromatic heterocycles. The average molecular weight is 325 g/mol. The Bertz CT molecular complexity index is 745. The van der Waals surface area contributed by atoms with Gasteiger partial charge in [-0.3, -0.25) is 9.69 Å². The van der Waals surface area contributed by atoms with E-state index in [4.69, 9.17) is 4.52 Å². The second-order valence-corrected chi connectivity index (χ2v) is 6.83. The van der Waals surface area contributed by atoms with Gasteiger partial charge in [-0.25, -0.2) is 0 Å². The van der Waals surface area contributed by atoms with Crippen molar-refractivity contribution in [3.05, 3.63) is 52.4 Å². The molecule has 5 heteroatoms. The van der Waals surface area contributed by atoms with Crippen LogP contribution in [0, 0.1) is 6.92 Å². The van der Waals surface area contributed by atoms with Crippen molar-refractivity contribution in [3.8, 4) is 0 Å². The molecule has 0 saturated carbocycles. The van der Waals surface area contributed by atoms with Crippen LogP contribution in [0.5, 0.6) is 0 Å². The zero-order valence-corrected chi connectivity index (χ0v) is 14.1. The molecule has 0 N–H and O–H groups in total. The Kier molecular flexibility index (Phi) is 4.10. The monoisotopic (exact) mass is 325 g/mol. The van der Waals surface area contributed by atoms with E-state index in [1.165, 1.54) is 17.5 Å². The van der Waals surface area contributed by atoms with Crippen LogP contribution in [-0.2, 0) is 19.4 Å². The fraction of sp³-hybridized carbons (Fsp3) is 0.474. The SMILES string of the molecule is Cc1cc(CN2CCN(C(=O)c3ccc4c(c3)CCC4)CC2)no1. The van der Waals surface area contributed by atoms with Gasteiger partial charge in [0, 0.05) is 44.4 Å². The van der Waals surface area contributed by atoms with E-state index in [1.807, 2.05) is 24.0 Å². The molecular weight excluding hydrogens is 302 g/mol. The van der Waals surface area contributed by atoms with Crippen LogP contribution in [0.1, 0.15) is 39.4 Å². The van der Waals surface area contributed by atoms with Crippen LogP contribution in [0.25, 0.3) is 0 Å². The van der Waals surface area contributed by atoms with Gasteiger partial charge in [-0.2, -0.15) is 0 Å². The van der Waals surface area contributed by atoms with E-state index >= 15 is 0 Å². The number of hydrogen-bond acceptors (Lipinski definition) is 4. The van der Waals surface area contributed by atoms with Gasteiger partial charge in [-0.1, -0.05) is 11.2 Å². The minimum absolute atomic E-state index is 0.168. The van der Waals surface area contributed by atoms with Crippen LogP contribution in [-0.4, -0.2) is 47.0 Å². The van der Waals surface area contributed by atoms with Crippen molar-refractivity contribution in [2.75, 3.05) is 26.2 Å². The van der Waals surface area contributed by atoms with Gasteiger partial charge in [-0.15, -0.1) is 0 Å². The fourth-order valence-electron chi connectivity index (χ4n) is 3.72. The maximum atomic E-state index is 12.7. The highest BCUT2D eigenvalue weighted by atomic mass is 16.5. The first-order valence-electron chi connectivity index (χ1n) is 8.75. The quantitative estimate of drug-likeness (QED) is 0.870. The van der Waals surface area contributed by atoms with Crippen molar-refractivity contribution in [2.24, 2.45) is 0 Å². The largest absolute Gasteiger partial charge is 0.361 e. The molecule has 1 aromatic carbocycles. The Morgan fingerprint density at radius 3 is 2.67 bits per heavy atom. The molecule has 24 heavy (non-hydrogen) atoms. The molecule has 0 unspecified atom stereocenters. The Morgan fingerprint density at radius 1 is 1.12 bits per heavy atom. The molecular formula is C19H23N3O2. The third-order valence-electron chi connectivity index (χ3n) is 5.07. The molecule has 126 valence electrons. The highest BCUT2D eigenvalue weighted by Gasteiger charge is 2.23. The summed E-state index contributed by atoms with van der Waals surface area (Å²) in [4.78, 5) is 17.0. The van der Waals surface area contributed by atoms with Crippen molar-refractivity contribution in [3.63, 3.8) is 0 Å². The van der Waals surface area contributed by atoms with Gasteiger partial charge in [0.05, 0.1) is 5.69 Å². The van der Waals surface area contributed by atoms with Crippen molar-refractivity contribution in [1.82, 2.24) is 15.0 Å². The molecule has 5 nitrogen and oxygen atoms in total. The van der Waals surface area contributed by atoms with Crippen molar-refractivity contribution >= 4 is 5.91 Å². The number of carbonyl (C=O) groups is 1. The first kappa shape index (κ1) is 15.4. The van der Waals surface area contributed by atoms with Crippen LogP contribution in [0.3, 0.4) is 0 Å². The summed E-state index contributed by atoms with van der Waals surface area (Å²) in [6.07, 6.45) is 3.48. The second-order valence-electron chi connectivity index (χ2n) is 6.83. The highest BCUT2D eigenvalue weighted by molar-refractivity contribution is 5.94. The van der Waals surface area contributed by atoms with E-state index in [1.54, 1.807) is 0 Å². The van der Waals surface area contributed by atoms with Crippen molar-refractivity contribution < 1.29 is 9.32 Å². The molecule has 1 saturated heterocycles. The Balaban J connectivity index is 1.36. The van der Waals surface area contributed by atoms with E-state index in [0.717, 1.165) is 62.6 Å². The predicted molar refractivity (Wildman–Crippen MR) is 90.9 cm³/mol. The molecule has 0 radical (unpaired) electrons. The molecule has 0 atom stereocenters. The van der Waals surface area contributed by atoms with Crippen LogP contribution >= 0.6 is 0 Å². The number of hydrogen-bond donors (Lipinski definition) is 0.